The highest BCUT2D eigenvalue weighted by atomic mass is 127. The van der Waals surface area contributed by atoms with E-state index in [1.165, 1.54) is 5.56 Å². The third kappa shape index (κ3) is 5.06. The third-order valence-corrected chi connectivity index (χ3v) is 3.83. The first kappa shape index (κ1) is 19.0. The molecule has 0 unspecified atom stereocenters. The molecule has 130 valence electrons. The van der Waals surface area contributed by atoms with Gasteiger partial charge < -0.3 is 15.6 Å². The average molecular weight is 447 g/mol. The van der Waals surface area contributed by atoms with Crippen molar-refractivity contribution >= 4 is 35.6 Å². The summed E-state index contributed by atoms with van der Waals surface area (Å²) in [5.41, 5.74) is 10.4. The predicted molar refractivity (Wildman–Crippen MR) is 114 cm³/mol. The molecule has 25 heavy (non-hydrogen) atoms. The fourth-order valence-corrected chi connectivity index (χ4v) is 2.48. The number of aryl methyl sites for hydroxylation is 1. The summed E-state index contributed by atoms with van der Waals surface area (Å²) in [6.07, 6.45) is 6.48. The number of para-hydroxylation sites is 1. The molecule has 0 bridgehead atoms. The lowest BCUT2D eigenvalue weighted by Crippen LogP contribution is -2.22. The zero-order valence-electron chi connectivity index (χ0n) is 14.1. The van der Waals surface area contributed by atoms with Gasteiger partial charge in [-0.1, -0.05) is 37.3 Å². The van der Waals surface area contributed by atoms with E-state index in [1.54, 1.807) is 12.5 Å². The maximum atomic E-state index is 6.01. The molecule has 2 aromatic carbocycles. The minimum atomic E-state index is 0. The summed E-state index contributed by atoms with van der Waals surface area (Å²) in [7, 11) is 0. The van der Waals surface area contributed by atoms with E-state index in [9.17, 15) is 0 Å². The van der Waals surface area contributed by atoms with Gasteiger partial charge in [-0.25, -0.2) is 9.98 Å². The highest BCUT2D eigenvalue weighted by molar-refractivity contribution is 14.0. The molecule has 1 heterocycles. The average Bonchev–Trinajstić information content (AvgIpc) is 3.15. The SMILES string of the molecule is CCc1ccc(NC(N)=NCc2ccccc2-n2ccnc2)cc1.I. The molecule has 3 rings (SSSR count). The number of nitrogens with one attached hydrogen (secondary N) is 1. The van der Waals surface area contributed by atoms with Crippen LogP contribution in [0.3, 0.4) is 0 Å². The molecule has 0 atom stereocenters. The first-order chi connectivity index (χ1) is 11.8. The van der Waals surface area contributed by atoms with Crippen LogP contribution >= 0.6 is 24.0 Å². The number of aromatic nitrogens is 2. The van der Waals surface area contributed by atoms with E-state index >= 15 is 0 Å². The van der Waals surface area contributed by atoms with Crippen LogP contribution in [0.5, 0.6) is 0 Å². The second-order valence-electron chi connectivity index (χ2n) is 5.48. The molecule has 0 aliphatic rings. The summed E-state index contributed by atoms with van der Waals surface area (Å²) >= 11 is 0. The first-order valence-corrected chi connectivity index (χ1v) is 7.98. The number of anilines is 1. The number of benzene rings is 2. The number of hydrogen-bond acceptors (Lipinski definition) is 2. The molecule has 0 saturated carbocycles. The number of halogens is 1. The van der Waals surface area contributed by atoms with E-state index < -0.39 is 0 Å². The fraction of sp³-hybridized carbons (Fsp3) is 0.158. The number of aliphatic imine (C=N–C) groups is 1. The zero-order chi connectivity index (χ0) is 16.8. The monoisotopic (exact) mass is 447 g/mol. The van der Waals surface area contributed by atoms with E-state index in [4.69, 9.17) is 5.73 Å². The van der Waals surface area contributed by atoms with Gasteiger partial charge in [0.2, 0.25) is 0 Å². The number of imidazole rings is 1. The Morgan fingerprint density at radius 3 is 2.60 bits per heavy atom. The van der Waals surface area contributed by atoms with Crippen LogP contribution in [0.2, 0.25) is 0 Å². The molecule has 0 aliphatic carbocycles. The van der Waals surface area contributed by atoms with Gasteiger partial charge in [-0.05, 0) is 35.7 Å². The van der Waals surface area contributed by atoms with E-state index in [2.05, 4.69) is 34.3 Å². The number of guanidine groups is 1. The quantitative estimate of drug-likeness (QED) is 0.353. The van der Waals surface area contributed by atoms with Gasteiger partial charge in [0, 0.05) is 18.1 Å². The van der Waals surface area contributed by atoms with Gasteiger partial charge in [0.1, 0.15) is 0 Å². The molecular formula is C19H22IN5. The van der Waals surface area contributed by atoms with Crippen molar-refractivity contribution in [3.05, 3.63) is 78.4 Å². The van der Waals surface area contributed by atoms with Gasteiger partial charge >= 0.3 is 0 Å². The highest BCUT2D eigenvalue weighted by Crippen LogP contribution is 2.15. The Labute approximate surface area is 165 Å². The molecule has 6 heteroatoms. The number of rotatable bonds is 5. The summed E-state index contributed by atoms with van der Waals surface area (Å²) < 4.78 is 1.97. The lowest BCUT2D eigenvalue weighted by molar-refractivity contribution is 0.980. The molecule has 3 aromatic rings. The Morgan fingerprint density at radius 1 is 1.16 bits per heavy atom. The van der Waals surface area contributed by atoms with Crippen molar-refractivity contribution in [2.24, 2.45) is 10.7 Å². The lowest BCUT2D eigenvalue weighted by Gasteiger charge is -2.09. The van der Waals surface area contributed by atoms with Crippen molar-refractivity contribution in [1.29, 1.82) is 0 Å². The van der Waals surface area contributed by atoms with E-state index in [0.29, 0.717) is 12.5 Å². The van der Waals surface area contributed by atoms with Crippen molar-refractivity contribution in [2.45, 2.75) is 19.9 Å². The van der Waals surface area contributed by atoms with E-state index in [1.807, 2.05) is 47.2 Å². The van der Waals surface area contributed by atoms with Crippen LogP contribution in [0, 0.1) is 0 Å². The Hall–Kier alpha value is -2.35. The highest BCUT2D eigenvalue weighted by Gasteiger charge is 2.03. The Balaban J connectivity index is 0.00000225. The van der Waals surface area contributed by atoms with Gasteiger partial charge in [-0.15, -0.1) is 24.0 Å². The van der Waals surface area contributed by atoms with Crippen molar-refractivity contribution in [2.75, 3.05) is 5.32 Å². The van der Waals surface area contributed by atoms with Gasteiger partial charge in [-0.2, -0.15) is 0 Å². The van der Waals surface area contributed by atoms with Gasteiger partial charge in [0.05, 0.1) is 18.6 Å². The maximum absolute atomic E-state index is 6.01. The van der Waals surface area contributed by atoms with Crippen molar-refractivity contribution in [3.63, 3.8) is 0 Å². The van der Waals surface area contributed by atoms with E-state index in [0.717, 1.165) is 23.4 Å². The summed E-state index contributed by atoms with van der Waals surface area (Å²) in [6.45, 7) is 2.64. The minimum absolute atomic E-state index is 0. The van der Waals surface area contributed by atoms with Crippen LogP contribution < -0.4 is 11.1 Å². The normalized spacial score (nSPS) is 11.0. The Kier molecular flexibility index (Phi) is 7.00. The second kappa shape index (κ2) is 9.22. The molecular weight excluding hydrogens is 425 g/mol. The second-order valence-corrected chi connectivity index (χ2v) is 5.48. The molecule has 0 fully saturated rings. The largest absolute Gasteiger partial charge is 0.370 e. The molecule has 5 nitrogen and oxygen atoms in total. The van der Waals surface area contributed by atoms with Crippen molar-refractivity contribution < 1.29 is 0 Å². The molecule has 0 radical (unpaired) electrons. The van der Waals surface area contributed by atoms with Gasteiger partial charge in [0.15, 0.2) is 5.96 Å². The summed E-state index contributed by atoms with van der Waals surface area (Å²) in [5, 5.41) is 3.13. The third-order valence-electron chi connectivity index (χ3n) is 3.83. The molecule has 0 spiro atoms. The fourth-order valence-electron chi connectivity index (χ4n) is 2.48. The lowest BCUT2D eigenvalue weighted by atomic mass is 10.1. The smallest absolute Gasteiger partial charge is 0.193 e. The molecule has 0 amide bonds. The van der Waals surface area contributed by atoms with E-state index in [-0.39, 0.29) is 24.0 Å². The number of hydrogen-bond donors (Lipinski definition) is 2. The topological polar surface area (TPSA) is 68.2 Å². The van der Waals surface area contributed by atoms with Gasteiger partial charge in [-0.3, -0.25) is 0 Å². The standard InChI is InChI=1S/C19H21N5.HI/c1-2-15-7-9-17(10-8-15)23-19(20)22-13-16-5-3-4-6-18(16)24-12-11-21-14-24;/h3-12,14H,2,13H2,1H3,(H3,20,22,23);1H. The van der Waals surface area contributed by atoms with Crippen molar-refractivity contribution in [1.82, 2.24) is 9.55 Å². The molecule has 3 N–H and O–H groups in total. The first-order valence-electron chi connectivity index (χ1n) is 7.98. The van der Waals surface area contributed by atoms with Crippen LogP contribution in [-0.4, -0.2) is 15.5 Å². The maximum Gasteiger partial charge on any atom is 0.193 e. The van der Waals surface area contributed by atoms with Crippen molar-refractivity contribution in [3.8, 4) is 5.69 Å². The molecule has 1 aromatic heterocycles. The van der Waals surface area contributed by atoms with Gasteiger partial charge in [0.25, 0.3) is 0 Å². The predicted octanol–water partition coefficient (Wildman–Crippen LogP) is 3.98. The number of nitrogens with zero attached hydrogens (tertiary/aromatic N) is 3. The van der Waals surface area contributed by atoms with Crippen LogP contribution in [0.25, 0.3) is 5.69 Å². The van der Waals surface area contributed by atoms with Crippen LogP contribution in [0.15, 0.2) is 72.2 Å². The van der Waals surface area contributed by atoms with Crippen LogP contribution in [0.4, 0.5) is 5.69 Å². The minimum Gasteiger partial charge on any atom is -0.370 e. The summed E-state index contributed by atoms with van der Waals surface area (Å²) in [4.78, 5) is 8.55. The van der Waals surface area contributed by atoms with Crippen LogP contribution in [0.1, 0.15) is 18.1 Å². The zero-order valence-corrected chi connectivity index (χ0v) is 16.4. The Bertz CT molecular complexity index is 810. The van der Waals surface area contributed by atoms with Crippen LogP contribution in [-0.2, 0) is 13.0 Å². The summed E-state index contributed by atoms with van der Waals surface area (Å²) in [5.74, 6) is 0.402. The number of nitrogens with two attached hydrogens (primary N) is 1. The molecule has 0 aliphatic heterocycles. The Morgan fingerprint density at radius 2 is 1.92 bits per heavy atom. The molecule has 0 saturated heterocycles. The summed E-state index contributed by atoms with van der Waals surface area (Å²) in [6, 6.07) is 16.3.